The van der Waals surface area contributed by atoms with E-state index in [2.05, 4.69) is 5.32 Å². The van der Waals surface area contributed by atoms with E-state index >= 15 is 0 Å². The summed E-state index contributed by atoms with van der Waals surface area (Å²) in [6, 6.07) is 12.1. The molecule has 2 aromatic rings. The molecule has 7 heteroatoms. The lowest BCUT2D eigenvalue weighted by Gasteiger charge is -2.17. The van der Waals surface area contributed by atoms with Crippen LogP contribution in [-0.2, 0) is 9.53 Å². The summed E-state index contributed by atoms with van der Waals surface area (Å²) in [7, 11) is 1.44. The van der Waals surface area contributed by atoms with Gasteiger partial charge in [0.05, 0.1) is 35.9 Å². The average Bonchev–Trinajstić information content (AvgIpc) is 2.64. The van der Waals surface area contributed by atoms with Crippen LogP contribution in [0.2, 0.25) is 5.02 Å². The van der Waals surface area contributed by atoms with Gasteiger partial charge >= 0.3 is 5.97 Å². The van der Waals surface area contributed by atoms with E-state index in [9.17, 15) is 9.59 Å². The van der Waals surface area contributed by atoms with Crippen LogP contribution in [0, 0.1) is 0 Å². The number of benzene rings is 2. The largest absolute Gasteiger partial charge is 0.496 e. The Kier molecular flexibility index (Phi) is 6.86. The van der Waals surface area contributed by atoms with E-state index in [1.807, 2.05) is 30.3 Å². The van der Waals surface area contributed by atoms with E-state index in [0.29, 0.717) is 11.4 Å². The van der Waals surface area contributed by atoms with Crippen LogP contribution in [0.4, 0.5) is 5.69 Å². The van der Waals surface area contributed by atoms with Gasteiger partial charge in [-0.05, 0) is 18.6 Å². The first kappa shape index (κ1) is 19.6. The number of amides is 1. The number of esters is 1. The zero-order chi connectivity index (χ0) is 19.1. The Morgan fingerprint density at radius 1 is 1.23 bits per heavy atom. The number of carbonyl (C=O) groups is 2. The van der Waals surface area contributed by atoms with Gasteiger partial charge in [0.25, 0.3) is 5.91 Å². The highest BCUT2D eigenvalue weighted by atomic mass is 35.5. The molecule has 2 aromatic carbocycles. The molecule has 0 spiro atoms. The lowest BCUT2D eigenvalue weighted by atomic mass is 9.99. The first-order valence-electron chi connectivity index (χ1n) is 8.10. The van der Waals surface area contributed by atoms with Gasteiger partial charge in [0, 0.05) is 12.6 Å². The van der Waals surface area contributed by atoms with Gasteiger partial charge in [0.1, 0.15) is 5.75 Å². The Morgan fingerprint density at radius 2 is 1.92 bits per heavy atom. The molecule has 1 amide bonds. The van der Waals surface area contributed by atoms with E-state index in [0.717, 1.165) is 5.56 Å². The van der Waals surface area contributed by atoms with Gasteiger partial charge in [0.15, 0.2) is 0 Å². The number of nitrogens with one attached hydrogen (secondary N) is 1. The minimum Gasteiger partial charge on any atom is -0.496 e. The smallest absolute Gasteiger partial charge is 0.315 e. The zero-order valence-corrected chi connectivity index (χ0v) is 15.4. The number of halogens is 1. The maximum absolute atomic E-state index is 12.6. The van der Waals surface area contributed by atoms with Crippen molar-refractivity contribution < 1.29 is 19.1 Å². The number of nitrogen functional groups attached to an aromatic ring is 1. The molecule has 0 aromatic heterocycles. The van der Waals surface area contributed by atoms with Crippen molar-refractivity contribution in [2.24, 2.45) is 0 Å². The number of nitrogens with two attached hydrogens (primary N) is 1. The lowest BCUT2D eigenvalue weighted by molar-refractivity contribution is -0.144. The fraction of sp³-hybridized carbons (Fsp3) is 0.263. The van der Waals surface area contributed by atoms with E-state index in [4.69, 9.17) is 26.8 Å². The molecule has 0 radical (unpaired) electrons. The molecule has 0 heterocycles. The number of ether oxygens (including phenoxy) is 2. The third kappa shape index (κ3) is 4.67. The summed E-state index contributed by atoms with van der Waals surface area (Å²) < 4.78 is 10.3. The van der Waals surface area contributed by atoms with E-state index < -0.39 is 17.8 Å². The molecular weight excluding hydrogens is 356 g/mol. The molecule has 1 unspecified atom stereocenters. The summed E-state index contributed by atoms with van der Waals surface area (Å²) in [6.45, 7) is 2.07. The minimum atomic E-state index is -0.615. The van der Waals surface area contributed by atoms with Crippen molar-refractivity contribution in [3.8, 4) is 5.75 Å². The summed E-state index contributed by atoms with van der Waals surface area (Å²) in [5, 5.41) is 2.99. The topological polar surface area (TPSA) is 90.7 Å². The highest BCUT2D eigenvalue weighted by molar-refractivity contribution is 6.33. The average molecular weight is 377 g/mol. The van der Waals surface area contributed by atoms with Crippen LogP contribution in [0.1, 0.15) is 28.8 Å². The van der Waals surface area contributed by atoms with Crippen molar-refractivity contribution in [1.29, 1.82) is 0 Å². The number of hydrogen-bond acceptors (Lipinski definition) is 5. The quantitative estimate of drug-likeness (QED) is 0.572. The van der Waals surface area contributed by atoms with E-state index in [1.165, 1.54) is 19.2 Å². The Bertz CT molecular complexity index is 781. The fourth-order valence-electron chi connectivity index (χ4n) is 2.47. The molecule has 0 aliphatic heterocycles. The Labute approximate surface area is 157 Å². The second-order valence-corrected chi connectivity index (χ2v) is 5.91. The molecule has 1 atom stereocenters. The van der Waals surface area contributed by atoms with Crippen molar-refractivity contribution in [2.75, 3.05) is 26.0 Å². The summed E-state index contributed by atoms with van der Waals surface area (Å²) >= 11 is 6.00. The summed E-state index contributed by atoms with van der Waals surface area (Å²) in [5.74, 6) is -1.14. The van der Waals surface area contributed by atoms with Crippen molar-refractivity contribution in [1.82, 2.24) is 5.32 Å². The van der Waals surface area contributed by atoms with Gasteiger partial charge in [0.2, 0.25) is 0 Å². The van der Waals surface area contributed by atoms with Crippen LogP contribution in [0.25, 0.3) is 0 Å². The maximum atomic E-state index is 12.6. The SMILES string of the molecule is CCOC(=O)C(CNC(=O)c1cc(Cl)c(N)cc1OC)c1ccccc1. The van der Waals surface area contributed by atoms with Crippen molar-refractivity contribution in [3.63, 3.8) is 0 Å². The summed E-state index contributed by atoms with van der Waals surface area (Å²) in [6.07, 6.45) is 0. The van der Waals surface area contributed by atoms with Gasteiger partial charge in [-0.3, -0.25) is 9.59 Å². The standard InChI is InChI=1S/C19H21ClN2O4/c1-3-26-19(24)14(12-7-5-4-6-8-12)11-22-18(23)13-9-15(20)16(21)10-17(13)25-2/h4-10,14H,3,11,21H2,1-2H3,(H,22,23). The van der Waals surface area contributed by atoms with Gasteiger partial charge in [-0.1, -0.05) is 41.9 Å². The Balaban J connectivity index is 2.19. The molecule has 138 valence electrons. The summed E-state index contributed by atoms with van der Waals surface area (Å²) in [4.78, 5) is 24.8. The third-order valence-corrected chi connectivity index (χ3v) is 4.13. The monoisotopic (exact) mass is 376 g/mol. The molecule has 2 rings (SSSR count). The van der Waals surface area contributed by atoms with Crippen LogP contribution in [-0.4, -0.2) is 32.1 Å². The second-order valence-electron chi connectivity index (χ2n) is 5.50. The van der Waals surface area contributed by atoms with Crippen LogP contribution < -0.4 is 15.8 Å². The van der Waals surface area contributed by atoms with Crippen LogP contribution in [0.15, 0.2) is 42.5 Å². The molecule has 6 nitrogen and oxygen atoms in total. The van der Waals surface area contributed by atoms with Crippen molar-refractivity contribution in [2.45, 2.75) is 12.8 Å². The molecule has 0 bridgehead atoms. The van der Waals surface area contributed by atoms with Gasteiger partial charge in [-0.15, -0.1) is 0 Å². The van der Waals surface area contributed by atoms with Gasteiger partial charge in [-0.2, -0.15) is 0 Å². The zero-order valence-electron chi connectivity index (χ0n) is 14.6. The number of carbonyl (C=O) groups excluding carboxylic acids is 2. The maximum Gasteiger partial charge on any atom is 0.315 e. The van der Waals surface area contributed by atoms with Crippen molar-refractivity contribution >= 4 is 29.2 Å². The molecule has 0 aliphatic carbocycles. The van der Waals surface area contributed by atoms with Crippen LogP contribution in [0.5, 0.6) is 5.75 Å². The number of rotatable bonds is 7. The predicted molar refractivity (Wildman–Crippen MR) is 101 cm³/mol. The molecule has 0 aliphatic rings. The fourth-order valence-corrected chi connectivity index (χ4v) is 2.63. The highest BCUT2D eigenvalue weighted by Gasteiger charge is 2.24. The van der Waals surface area contributed by atoms with Gasteiger partial charge < -0.3 is 20.5 Å². The molecule has 0 fully saturated rings. The third-order valence-electron chi connectivity index (χ3n) is 3.80. The summed E-state index contributed by atoms with van der Waals surface area (Å²) in [5.41, 5.74) is 7.04. The molecule has 0 saturated heterocycles. The molecule has 26 heavy (non-hydrogen) atoms. The molecular formula is C19H21ClN2O4. The highest BCUT2D eigenvalue weighted by Crippen LogP contribution is 2.29. The predicted octanol–water partition coefficient (Wildman–Crippen LogP) is 3.01. The molecule has 3 N–H and O–H groups in total. The van der Waals surface area contributed by atoms with Crippen LogP contribution in [0.3, 0.4) is 0 Å². The Hall–Kier alpha value is -2.73. The van der Waals surface area contributed by atoms with Gasteiger partial charge in [-0.25, -0.2) is 0 Å². The second kappa shape index (κ2) is 9.10. The van der Waals surface area contributed by atoms with Crippen molar-refractivity contribution in [3.05, 3.63) is 58.6 Å². The Morgan fingerprint density at radius 3 is 2.54 bits per heavy atom. The van der Waals surface area contributed by atoms with E-state index in [-0.39, 0.29) is 23.7 Å². The first-order chi connectivity index (χ1) is 12.5. The minimum absolute atomic E-state index is 0.0762. The number of hydrogen-bond donors (Lipinski definition) is 2. The van der Waals surface area contributed by atoms with E-state index in [1.54, 1.807) is 6.92 Å². The number of methoxy groups -OCH3 is 1. The lowest BCUT2D eigenvalue weighted by Crippen LogP contribution is -2.32. The number of anilines is 1. The molecule has 0 saturated carbocycles. The first-order valence-corrected chi connectivity index (χ1v) is 8.48. The normalized spacial score (nSPS) is 11.5. The van der Waals surface area contributed by atoms with Crippen LogP contribution >= 0.6 is 11.6 Å².